The zero-order valence-electron chi connectivity index (χ0n) is 37.8. The Morgan fingerprint density at radius 3 is 1.04 bits per heavy atom. The van der Waals surface area contributed by atoms with Gasteiger partial charge in [0.2, 0.25) is 5.95 Å². The monoisotopic (exact) mass is 892 g/mol. The molecule has 0 radical (unpaired) electrons. The molecule has 0 aliphatic heterocycles. The van der Waals surface area contributed by atoms with Crippen molar-refractivity contribution < 1.29 is 0 Å². The molecular weight excluding hydrogens is 853 g/mol. The molecular formula is C64H40N6. The van der Waals surface area contributed by atoms with Crippen molar-refractivity contribution in [2.75, 3.05) is 0 Å². The van der Waals surface area contributed by atoms with Crippen LogP contribution in [-0.2, 0) is 0 Å². The summed E-state index contributed by atoms with van der Waals surface area (Å²) < 4.78 is 4.46. The summed E-state index contributed by atoms with van der Waals surface area (Å²) in [5, 5.41) is 14.9. The minimum absolute atomic E-state index is 0.449. The van der Waals surface area contributed by atoms with Crippen molar-refractivity contribution in [1.82, 2.24) is 24.1 Å². The Morgan fingerprint density at radius 2 is 0.657 bits per heavy atom. The molecule has 0 fully saturated rings. The molecule has 326 valence electrons. The summed E-state index contributed by atoms with van der Waals surface area (Å²) in [5.41, 5.74) is 15.9. The first kappa shape index (κ1) is 40.6. The van der Waals surface area contributed by atoms with Crippen LogP contribution in [0.3, 0.4) is 0 Å². The van der Waals surface area contributed by atoms with Crippen LogP contribution in [0, 0.1) is 11.3 Å². The second-order valence-corrected chi connectivity index (χ2v) is 17.6. The molecule has 6 nitrogen and oxygen atoms in total. The van der Waals surface area contributed by atoms with Gasteiger partial charge in [-0.05, 0) is 111 Å². The molecule has 0 aliphatic carbocycles. The SMILES string of the molecule is N#Cc1ccc(-n2c3ccc(-c4ccccc4)cc3c3cc(-c4ccccc4)ccc32)c(-c2nc(-c3ccccc3)nc(-n3c4ccc(-c5ccccc5)cc4c4cc(-c5ccccc5)ccc43)n2)c1. The first-order valence-electron chi connectivity index (χ1n) is 23.4. The third kappa shape index (κ3) is 7.01. The molecule has 0 atom stereocenters. The summed E-state index contributed by atoms with van der Waals surface area (Å²) in [4.78, 5) is 16.1. The number of hydrogen-bond acceptors (Lipinski definition) is 4. The van der Waals surface area contributed by atoms with E-state index < -0.39 is 0 Å². The van der Waals surface area contributed by atoms with Crippen molar-refractivity contribution in [3.63, 3.8) is 0 Å². The van der Waals surface area contributed by atoms with E-state index in [4.69, 9.17) is 15.0 Å². The topological polar surface area (TPSA) is 72.3 Å². The van der Waals surface area contributed by atoms with Gasteiger partial charge in [0, 0.05) is 32.7 Å². The molecule has 0 amide bonds. The lowest BCUT2D eigenvalue weighted by Gasteiger charge is -2.16. The smallest absolute Gasteiger partial charge is 0.238 e. The summed E-state index contributed by atoms with van der Waals surface area (Å²) in [6.07, 6.45) is 0. The van der Waals surface area contributed by atoms with Crippen LogP contribution in [0.2, 0.25) is 0 Å². The molecule has 13 aromatic rings. The summed E-state index contributed by atoms with van der Waals surface area (Å²) >= 11 is 0. The number of nitrogens with zero attached hydrogens (tertiary/aromatic N) is 6. The first-order chi connectivity index (χ1) is 34.6. The Bertz CT molecular complexity index is 3960. The Labute approximate surface area is 404 Å². The average molecular weight is 893 g/mol. The fourth-order valence-corrected chi connectivity index (χ4v) is 10.0. The van der Waals surface area contributed by atoms with Crippen molar-refractivity contribution in [1.29, 1.82) is 5.26 Å². The van der Waals surface area contributed by atoms with Crippen molar-refractivity contribution in [2.24, 2.45) is 0 Å². The maximum Gasteiger partial charge on any atom is 0.238 e. The fraction of sp³-hybridized carbons (Fsp3) is 0. The summed E-state index contributed by atoms with van der Waals surface area (Å²) in [6, 6.07) is 87.0. The predicted molar refractivity (Wildman–Crippen MR) is 286 cm³/mol. The molecule has 3 aromatic heterocycles. The highest BCUT2D eigenvalue weighted by atomic mass is 15.2. The second-order valence-electron chi connectivity index (χ2n) is 17.6. The minimum atomic E-state index is 0.449. The lowest BCUT2D eigenvalue weighted by molar-refractivity contribution is 0.951. The molecule has 6 heteroatoms. The van der Waals surface area contributed by atoms with Crippen LogP contribution in [0.4, 0.5) is 0 Å². The third-order valence-electron chi connectivity index (χ3n) is 13.4. The van der Waals surface area contributed by atoms with E-state index in [1.807, 2.05) is 72.8 Å². The van der Waals surface area contributed by atoms with Gasteiger partial charge in [-0.3, -0.25) is 4.57 Å². The van der Waals surface area contributed by atoms with Gasteiger partial charge in [0.15, 0.2) is 11.6 Å². The lowest BCUT2D eigenvalue weighted by atomic mass is 10.0. The van der Waals surface area contributed by atoms with Gasteiger partial charge in [-0.25, -0.2) is 4.98 Å². The third-order valence-corrected chi connectivity index (χ3v) is 13.4. The summed E-state index contributed by atoms with van der Waals surface area (Å²) in [5.74, 6) is 1.44. The van der Waals surface area contributed by atoms with E-state index in [2.05, 4.69) is 185 Å². The maximum absolute atomic E-state index is 10.5. The number of rotatable bonds is 8. The van der Waals surface area contributed by atoms with E-state index >= 15 is 0 Å². The largest absolute Gasteiger partial charge is 0.308 e. The lowest BCUT2D eigenvalue weighted by Crippen LogP contribution is -2.08. The number of nitriles is 1. The van der Waals surface area contributed by atoms with Crippen LogP contribution in [0.5, 0.6) is 0 Å². The summed E-state index contributed by atoms with van der Waals surface area (Å²) in [7, 11) is 0. The van der Waals surface area contributed by atoms with E-state index in [9.17, 15) is 5.26 Å². The van der Waals surface area contributed by atoms with E-state index in [-0.39, 0.29) is 0 Å². The second kappa shape index (κ2) is 16.9. The quantitative estimate of drug-likeness (QED) is 0.152. The molecule has 0 spiro atoms. The number of hydrogen-bond donors (Lipinski definition) is 0. The predicted octanol–water partition coefficient (Wildman–Crippen LogP) is 15.9. The van der Waals surface area contributed by atoms with Crippen LogP contribution in [-0.4, -0.2) is 24.1 Å². The van der Waals surface area contributed by atoms with E-state index in [1.54, 1.807) is 0 Å². The zero-order chi connectivity index (χ0) is 46.5. The van der Waals surface area contributed by atoms with E-state index in [0.29, 0.717) is 28.7 Å². The molecule has 0 aliphatic rings. The van der Waals surface area contributed by atoms with Gasteiger partial charge in [0.1, 0.15) is 0 Å². The van der Waals surface area contributed by atoms with Gasteiger partial charge < -0.3 is 4.57 Å². The molecule has 3 heterocycles. The van der Waals surface area contributed by atoms with Gasteiger partial charge in [-0.2, -0.15) is 15.2 Å². The first-order valence-corrected chi connectivity index (χ1v) is 23.4. The van der Waals surface area contributed by atoms with Crippen LogP contribution < -0.4 is 0 Å². The molecule has 0 saturated carbocycles. The highest BCUT2D eigenvalue weighted by molar-refractivity contribution is 6.13. The van der Waals surface area contributed by atoms with E-state index in [1.165, 1.54) is 0 Å². The molecule has 0 bridgehead atoms. The number of fused-ring (bicyclic) bond motifs is 6. The zero-order valence-corrected chi connectivity index (χ0v) is 37.8. The molecule has 0 saturated heterocycles. The Balaban J connectivity index is 1.08. The average Bonchev–Trinajstić information content (AvgIpc) is 3.95. The van der Waals surface area contributed by atoms with Gasteiger partial charge >= 0.3 is 0 Å². The Hall–Kier alpha value is -9.70. The summed E-state index contributed by atoms with van der Waals surface area (Å²) in [6.45, 7) is 0. The van der Waals surface area contributed by atoms with Crippen LogP contribution >= 0.6 is 0 Å². The molecule has 70 heavy (non-hydrogen) atoms. The normalized spacial score (nSPS) is 11.4. The standard InChI is InChI=1S/C64H40N6/c65-41-42-26-31-61(69-57-32-27-48(43-16-6-1-7-17-43)37-52(57)53-38-49(28-33-58(53)69)44-18-8-2-9-19-44)56(36-42)63-66-62(47-24-14-5-15-25-47)67-64(68-63)70-59-34-29-50(45-20-10-3-11-21-45)39-54(59)55-40-51(30-35-60(55)70)46-22-12-4-13-23-46/h1-40H. The van der Waals surface area contributed by atoms with Crippen molar-refractivity contribution in [3.8, 4) is 85.0 Å². The van der Waals surface area contributed by atoms with Crippen molar-refractivity contribution in [2.45, 2.75) is 0 Å². The minimum Gasteiger partial charge on any atom is -0.308 e. The van der Waals surface area contributed by atoms with Crippen molar-refractivity contribution >= 4 is 43.6 Å². The molecule has 0 unspecified atom stereocenters. The number of aromatic nitrogens is 5. The highest BCUT2D eigenvalue weighted by Gasteiger charge is 2.23. The fourth-order valence-electron chi connectivity index (χ4n) is 10.0. The molecule has 10 aromatic carbocycles. The maximum atomic E-state index is 10.5. The van der Waals surface area contributed by atoms with Gasteiger partial charge in [-0.1, -0.05) is 176 Å². The van der Waals surface area contributed by atoms with Crippen LogP contribution in [0.1, 0.15) is 5.56 Å². The number of benzene rings is 10. The van der Waals surface area contributed by atoms with Gasteiger partial charge in [0.25, 0.3) is 0 Å². The Morgan fingerprint density at radius 1 is 0.300 bits per heavy atom. The van der Waals surface area contributed by atoms with E-state index in [0.717, 1.165) is 99.4 Å². The van der Waals surface area contributed by atoms with Crippen LogP contribution in [0.25, 0.3) is 123 Å². The van der Waals surface area contributed by atoms with Crippen molar-refractivity contribution in [3.05, 3.63) is 248 Å². The van der Waals surface area contributed by atoms with Gasteiger partial charge in [0.05, 0.1) is 39.4 Å². The van der Waals surface area contributed by atoms with Crippen LogP contribution in [0.15, 0.2) is 243 Å². The highest BCUT2D eigenvalue weighted by Crippen LogP contribution is 2.41. The Kier molecular flexibility index (Phi) is 9.78. The molecule has 0 N–H and O–H groups in total. The molecule has 13 rings (SSSR count). The van der Waals surface area contributed by atoms with Gasteiger partial charge in [-0.15, -0.1) is 0 Å².